The molecule has 0 amide bonds. The molecule has 0 atom stereocenters. The molecule has 0 aliphatic rings. The van der Waals surface area contributed by atoms with Crippen LogP contribution in [-0.2, 0) is 0 Å². The van der Waals surface area contributed by atoms with Gasteiger partial charge in [-0.2, -0.15) is 0 Å². The van der Waals surface area contributed by atoms with Gasteiger partial charge in [0.2, 0.25) is 0 Å². The molecule has 8 aromatic rings. The van der Waals surface area contributed by atoms with Gasteiger partial charge in [-0.05, 0) is 98.0 Å². The number of rotatable bonds is 3. The monoisotopic (exact) mass is 555 g/mol. The lowest BCUT2D eigenvalue weighted by atomic mass is 9.94. The van der Waals surface area contributed by atoms with Crippen molar-refractivity contribution in [3.05, 3.63) is 126 Å². The fourth-order valence-electron chi connectivity index (χ4n) is 6.51. The molecule has 0 radical (unpaired) electrons. The second-order valence-corrected chi connectivity index (χ2v) is 11.4. The van der Waals surface area contributed by atoms with E-state index in [0.717, 1.165) is 72.0 Å². The van der Waals surface area contributed by atoms with Gasteiger partial charge in [0.05, 0.1) is 16.9 Å². The maximum atomic E-state index is 6.59. The first-order valence-electron chi connectivity index (χ1n) is 14.6. The number of pyridine rings is 3. The quantitative estimate of drug-likeness (QED) is 0.218. The van der Waals surface area contributed by atoms with E-state index in [4.69, 9.17) is 19.4 Å². The number of hydrogen-bond acceptors (Lipinski definition) is 4. The first-order chi connectivity index (χ1) is 21.0. The Morgan fingerprint density at radius 2 is 1.35 bits per heavy atom. The predicted octanol–water partition coefficient (Wildman–Crippen LogP) is 10.3. The molecular formula is C39H29N3O. The molecular weight excluding hydrogens is 526 g/mol. The topological polar surface area (TPSA) is 51.8 Å². The van der Waals surface area contributed by atoms with Crippen LogP contribution in [0, 0.1) is 27.7 Å². The van der Waals surface area contributed by atoms with E-state index in [2.05, 4.69) is 112 Å². The molecule has 4 aromatic heterocycles. The van der Waals surface area contributed by atoms with Crippen molar-refractivity contribution in [2.45, 2.75) is 27.7 Å². The molecule has 43 heavy (non-hydrogen) atoms. The average Bonchev–Trinajstić information content (AvgIpc) is 3.41. The van der Waals surface area contributed by atoms with Crippen molar-refractivity contribution >= 4 is 43.7 Å². The lowest BCUT2D eigenvalue weighted by Gasteiger charge is -2.13. The highest BCUT2D eigenvalue weighted by molar-refractivity contribution is 6.16. The summed E-state index contributed by atoms with van der Waals surface area (Å²) in [7, 11) is 0. The lowest BCUT2D eigenvalue weighted by molar-refractivity contribution is 0.672. The van der Waals surface area contributed by atoms with Crippen LogP contribution in [0.1, 0.15) is 22.4 Å². The first-order valence-corrected chi connectivity index (χ1v) is 14.6. The summed E-state index contributed by atoms with van der Waals surface area (Å²) in [4.78, 5) is 14.7. The van der Waals surface area contributed by atoms with E-state index in [-0.39, 0.29) is 0 Å². The minimum Gasteiger partial charge on any atom is -0.453 e. The Morgan fingerprint density at radius 3 is 2.21 bits per heavy atom. The van der Waals surface area contributed by atoms with Crippen LogP contribution in [-0.4, -0.2) is 15.0 Å². The van der Waals surface area contributed by atoms with E-state index >= 15 is 0 Å². The normalized spacial score (nSPS) is 11.7. The van der Waals surface area contributed by atoms with Gasteiger partial charge >= 0.3 is 0 Å². The third kappa shape index (κ3) is 4.02. The zero-order chi connectivity index (χ0) is 29.2. The lowest BCUT2D eigenvalue weighted by Crippen LogP contribution is -1.94. The summed E-state index contributed by atoms with van der Waals surface area (Å²) >= 11 is 0. The molecule has 0 bridgehead atoms. The van der Waals surface area contributed by atoms with Gasteiger partial charge in [0.25, 0.3) is 0 Å². The highest BCUT2D eigenvalue weighted by Crippen LogP contribution is 2.39. The van der Waals surface area contributed by atoms with Gasteiger partial charge in [-0.25, -0.2) is 9.97 Å². The number of aryl methyl sites for hydroxylation is 4. The summed E-state index contributed by atoms with van der Waals surface area (Å²) in [6.45, 7) is 8.49. The molecule has 0 aliphatic carbocycles. The highest BCUT2D eigenvalue weighted by Gasteiger charge is 2.17. The van der Waals surface area contributed by atoms with E-state index in [9.17, 15) is 0 Å². The van der Waals surface area contributed by atoms with Crippen LogP contribution in [0.5, 0.6) is 0 Å². The Morgan fingerprint density at radius 1 is 0.581 bits per heavy atom. The minimum absolute atomic E-state index is 0.818. The number of aromatic nitrogens is 3. The van der Waals surface area contributed by atoms with Crippen LogP contribution in [0.15, 0.2) is 108 Å². The molecule has 4 nitrogen and oxygen atoms in total. The maximum absolute atomic E-state index is 6.59. The van der Waals surface area contributed by atoms with Crippen molar-refractivity contribution in [2.24, 2.45) is 0 Å². The third-order valence-corrected chi connectivity index (χ3v) is 8.69. The molecule has 0 unspecified atom stereocenters. The zero-order valence-electron chi connectivity index (χ0n) is 24.6. The molecule has 4 heteroatoms. The van der Waals surface area contributed by atoms with Crippen molar-refractivity contribution < 1.29 is 4.42 Å². The van der Waals surface area contributed by atoms with E-state index in [1.165, 1.54) is 27.8 Å². The Balaban J connectivity index is 1.25. The molecule has 0 N–H and O–H groups in total. The number of fused-ring (bicyclic) bond motifs is 6. The summed E-state index contributed by atoms with van der Waals surface area (Å²) in [5.41, 5.74) is 14.5. The standard InChI is InChI=1S/C39H29N3O/c1-22-7-5-8-23(2)36(22)34-18-16-29-25(4)28(15-17-33(29)42-34)27-19-20-40-35(21-27)32-10-6-9-30-31-14-13-26-12-11-24(3)41-37(26)39(31)43-38(30)32/h5-21H,1-4H3. The molecule has 8 rings (SSSR count). The van der Waals surface area contributed by atoms with Crippen LogP contribution in [0.25, 0.3) is 77.4 Å². The van der Waals surface area contributed by atoms with Gasteiger partial charge in [-0.3, -0.25) is 4.98 Å². The number of benzene rings is 4. The van der Waals surface area contributed by atoms with E-state index in [1.54, 1.807) is 0 Å². The van der Waals surface area contributed by atoms with Crippen LogP contribution in [0.2, 0.25) is 0 Å². The second kappa shape index (κ2) is 9.60. The summed E-state index contributed by atoms with van der Waals surface area (Å²) in [6.07, 6.45) is 1.89. The van der Waals surface area contributed by atoms with Crippen molar-refractivity contribution in [3.63, 3.8) is 0 Å². The number of nitrogens with zero attached hydrogens (tertiary/aromatic N) is 3. The van der Waals surface area contributed by atoms with Gasteiger partial charge in [0.15, 0.2) is 5.58 Å². The van der Waals surface area contributed by atoms with Crippen LogP contribution >= 0.6 is 0 Å². The Hall–Kier alpha value is -5.35. The van der Waals surface area contributed by atoms with Gasteiger partial charge in [0.1, 0.15) is 11.1 Å². The second-order valence-electron chi connectivity index (χ2n) is 11.4. The fraction of sp³-hybridized carbons (Fsp3) is 0.103. The Labute approximate surface area is 249 Å². The SMILES string of the molecule is Cc1ccc2ccc3c4cccc(-c5cc(-c6ccc7nc(-c8c(C)cccc8C)ccc7c6C)ccn5)c4oc3c2n1. The third-order valence-electron chi connectivity index (χ3n) is 8.69. The molecule has 0 spiro atoms. The summed E-state index contributed by atoms with van der Waals surface area (Å²) in [5, 5.41) is 4.36. The smallest absolute Gasteiger partial charge is 0.161 e. The van der Waals surface area contributed by atoms with Crippen LogP contribution < -0.4 is 0 Å². The van der Waals surface area contributed by atoms with Gasteiger partial charge < -0.3 is 4.42 Å². The number of furan rings is 1. The predicted molar refractivity (Wildman–Crippen MR) is 177 cm³/mol. The minimum atomic E-state index is 0.818. The zero-order valence-corrected chi connectivity index (χ0v) is 24.6. The Kier molecular flexibility index (Phi) is 5.66. The van der Waals surface area contributed by atoms with Crippen LogP contribution in [0.4, 0.5) is 0 Å². The van der Waals surface area contributed by atoms with E-state index in [0.29, 0.717) is 0 Å². The summed E-state index contributed by atoms with van der Waals surface area (Å²) in [6, 6.07) is 34.0. The van der Waals surface area contributed by atoms with Crippen molar-refractivity contribution in [1.29, 1.82) is 0 Å². The largest absolute Gasteiger partial charge is 0.453 e. The summed E-state index contributed by atoms with van der Waals surface area (Å²) < 4.78 is 6.59. The van der Waals surface area contributed by atoms with Gasteiger partial charge in [-0.1, -0.05) is 54.6 Å². The Bertz CT molecular complexity index is 2380. The fourth-order valence-corrected chi connectivity index (χ4v) is 6.51. The van der Waals surface area contributed by atoms with Crippen molar-refractivity contribution in [2.75, 3.05) is 0 Å². The van der Waals surface area contributed by atoms with Crippen molar-refractivity contribution in [1.82, 2.24) is 15.0 Å². The molecule has 0 saturated heterocycles. The number of para-hydroxylation sites is 1. The number of hydrogen-bond donors (Lipinski definition) is 0. The van der Waals surface area contributed by atoms with Crippen molar-refractivity contribution in [3.8, 4) is 33.6 Å². The van der Waals surface area contributed by atoms with Crippen LogP contribution in [0.3, 0.4) is 0 Å². The van der Waals surface area contributed by atoms with Gasteiger partial charge in [-0.15, -0.1) is 0 Å². The van der Waals surface area contributed by atoms with E-state index < -0.39 is 0 Å². The molecule has 0 saturated carbocycles. The first kappa shape index (κ1) is 25.4. The van der Waals surface area contributed by atoms with E-state index in [1.807, 2.05) is 19.2 Å². The molecule has 206 valence electrons. The molecule has 0 aliphatic heterocycles. The highest BCUT2D eigenvalue weighted by atomic mass is 16.3. The molecule has 4 heterocycles. The van der Waals surface area contributed by atoms with Gasteiger partial charge in [0, 0.05) is 44.6 Å². The molecule has 0 fully saturated rings. The maximum Gasteiger partial charge on any atom is 0.161 e. The molecule has 4 aromatic carbocycles. The average molecular weight is 556 g/mol. The summed E-state index contributed by atoms with van der Waals surface area (Å²) in [5.74, 6) is 0.